The normalized spacial score (nSPS) is 12.1. The minimum atomic E-state index is -0.632. The number of hydrogen-bond acceptors (Lipinski definition) is 6. The van der Waals surface area contributed by atoms with Gasteiger partial charge in [0, 0.05) is 22.0 Å². The molecule has 5 aromatic rings. The fourth-order valence-corrected chi connectivity index (χ4v) is 4.92. The lowest BCUT2D eigenvalue weighted by Crippen LogP contribution is -2.17. The highest BCUT2D eigenvalue weighted by Gasteiger charge is 2.16. The summed E-state index contributed by atoms with van der Waals surface area (Å²) in [6.07, 6.45) is -0.738. The van der Waals surface area contributed by atoms with Crippen molar-refractivity contribution in [2.45, 2.75) is 26.1 Å². The molecule has 3 amide bonds. The Bertz CT molecular complexity index is 1800. The first-order valence-corrected chi connectivity index (χ1v) is 14.6. The molecule has 2 atom stereocenters. The molecule has 2 unspecified atom stereocenters. The Morgan fingerprint density at radius 1 is 0.659 bits per heavy atom. The summed E-state index contributed by atoms with van der Waals surface area (Å²) in [4.78, 5) is 41.5. The predicted octanol–water partition coefficient (Wildman–Crippen LogP) is 8.87. The third kappa shape index (κ3) is 7.78. The summed E-state index contributed by atoms with van der Waals surface area (Å²) in [6.45, 7) is 3.52. The smallest absolute Gasteiger partial charge is 0.412 e. The van der Waals surface area contributed by atoms with E-state index in [2.05, 4.69) is 36.9 Å². The number of nitrogens with one attached hydrogen (secondary N) is 3. The molecule has 1 heterocycles. The van der Waals surface area contributed by atoms with Crippen molar-refractivity contribution in [2.24, 2.45) is 0 Å². The highest BCUT2D eigenvalue weighted by atomic mass is 79.9. The zero-order valence-corrected chi connectivity index (χ0v) is 25.5. The molecule has 9 nitrogen and oxygen atoms in total. The van der Waals surface area contributed by atoms with Gasteiger partial charge in [-0.3, -0.25) is 20.4 Å². The van der Waals surface area contributed by atoms with E-state index in [1.165, 1.54) is 0 Å². The molecule has 44 heavy (non-hydrogen) atoms. The summed E-state index contributed by atoms with van der Waals surface area (Å²) in [5.41, 5.74) is 3.51. The molecule has 0 spiro atoms. The van der Waals surface area contributed by atoms with Crippen molar-refractivity contribution < 1.29 is 23.9 Å². The second-order valence-corrected chi connectivity index (χ2v) is 10.8. The number of pyridine rings is 1. The standard InChI is InChI=1S/C34H29BrN4O5/c1-21(43-34(42)38-28-16-12-24-7-3-4-8-26(24)19-28)23-10-14-27(15-11-23)37-33(41)44-22(2)25-13-17-30(29(35)20-25)39-32(40)31-9-5-6-18-36-31/h3-22H,1-2H3,(H,37,41)(H,38,42)(H,39,40). The van der Waals surface area contributed by atoms with Gasteiger partial charge >= 0.3 is 12.2 Å². The Labute approximate surface area is 262 Å². The van der Waals surface area contributed by atoms with Crippen LogP contribution < -0.4 is 16.0 Å². The van der Waals surface area contributed by atoms with Crippen molar-refractivity contribution in [1.82, 2.24) is 4.98 Å². The number of rotatable bonds is 8. The van der Waals surface area contributed by atoms with Crippen LogP contribution in [0.25, 0.3) is 10.8 Å². The van der Waals surface area contributed by atoms with Crippen LogP contribution in [0, 0.1) is 0 Å². The van der Waals surface area contributed by atoms with Crippen LogP contribution in [0.15, 0.2) is 114 Å². The lowest BCUT2D eigenvalue weighted by molar-refractivity contribution is 0.102. The van der Waals surface area contributed by atoms with Crippen LogP contribution in [0.3, 0.4) is 0 Å². The SMILES string of the molecule is CC(OC(=O)Nc1ccc2ccccc2c1)c1ccc(NC(=O)OC(C)c2ccc(NC(=O)c3ccccn3)c(Br)c2)cc1. The van der Waals surface area contributed by atoms with Gasteiger partial charge in [-0.25, -0.2) is 9.59 Å². The van der Waals surface area contributed by atoms with Gasteiger partial charge in [0.05, 0.1) is 5.69 Å². The van der Waals surface area contributed by atoms with Gasteiger partial charge in [-0.1, -0.05) is 54.6 Å². The molecule has 0 radical (unpaired) electrons. The van der Waals surface area contributed by atoms with Crippen LogP contribution in [0.1, 0.15) is 47.7 Å². The van der Waals surface area contributed by atoms with Gasteiger partial charge in [-0.15, -0.1) is 0 Å². The molecule has 0 fully saturated rings. The fourth-order valence-electron chi connectivity index (χ4n) is 4.43. The molecule has 4 aromatic carbocycles. The summed E-state index contributed by atoms with van der Waals surface area (Å²) < 4.78 is 11.7. The van der Waals surface area contributed by atoms with Crippen molar-refractivity contribution in [3.05, 3.63) is 131 Å². The zero-order valence-electron chi connectivity index (χ0n) is 23.9. The Kier molecular flexibility index (Phi) is 9.51. The van der Waals surface area contributed by atoms with Gasteiger partial charge in [-0.2, -0.15) is 0 Å². The topological polar surface area (TPSA) is 119 Å². The van der Waals surface area contributed by atoms with Gasteiger partial charge in [-0.05, 0) is 100 Å². The first kappa shape index (κ1) is 30.2. The van der Waals surface area contributed by atoms with Crippen molar-refractivity contribution >= 4 is 61.9 Å². The predicted molar refractivity (Wildman–Crippen MR) is 174 cm³/mol. The molecule has 1 aromatic heterocycles. The Morgan fingerprint density at radius 2 is 1.27 bits per heavy atom. The number of carbonyl (C=O) groups is 3. The van der Waals surface area contributed by atoms with Crippen LogP contribution in [0.2, 0.25) is 0 Å². The lowest BCUT2D eigenvalue weighted by Gasteiger charge is -2.17. The van der Waals surface area contributed by atoms with E-state index >= 15 is 0 Å². The van der Waals surface area contributed by atoms with E-state index in [9.17, 15) is 14.4 Å². The number of nitrogens with zero attached hydrogens (tertiary/aromatic N) is 1. The Balaban J connectivity index is 1.11. The van der Waals surface area contributed by atoms with E-state index < -0.39 is 24.4 Å². The number of ether oxygens (including phenoxy) is 2. The van der Waals surface area contributed by atoms with Crippen LogP contribution in [0.5, 0.6) is 0 Å². The lowest BCUT2D eigenvalue weighted by atomic mass is 10.1. The number of fused-ring (bicyclic) bond motifs is 1. The van der Waals surface area contributed by atoms with E-state index in [1.54, 1.807) is 80.7 Å². The van der Waals surface area contributed by atoms with Crippen molar-refractivity contribution in [3.63, 3.8) is 0 Å². The van der Waals surface area contributed by atoms with Crippen LogP contribution in [-0.2, 0) is 9.47 Å². The van der Waals surface area contributed by atoms with Crippen molar-refractivity contribution in [3.8, 4) is 0 Å². The van der Waals surface area contributed by atoms with Gasteiger partial charge in [0.1, 0.15) is 17.9 Å². The number of aromatic nitrogens is 1. The number of halogens is 1. The average molecular weight is 654 g/mol. The number of benzene rings is 4. The largest absolute Gasteiger partial charge is 0.441 e. The van der Waals surface area contributed by atoms with Crippen LogP contribution in [0.4, 0.5) is 26.7 Å². The quantitative estimate of drug-likeness (QED) is 0.154. The maximum absolute atomic E-state index is 12.6. The summed E-state index contributed by atoms with van der Waals surface area (Å²) in [7, 11) is 0. The van der Waals surface area contributed by atoms with E-state index in [1.807, 2.05) is 42.5 Å². The van der Waals surface area contributed by atoms with Crippen LogP contribution >= 0.6 is 15.9 Å². The molecule has 222 valence electrons. The summed E-state index contributed by atoms with van der Waals surface area (Å²) >= 11 is 3.47. The molecule has 3 N–H and O–H groups in total. The minimum absolute atomic E-state index is 0.300. The third-order valence-electron chi connectivity index (χ3n) is 6.80. The number of carbonyl (C=O) groups excluding carboxylic acids is 3. The van der Waals surface area contributed by atoms with Gasteiger partial charge in [0.15, 0.2) is 0 Å². The van der Waals surface area contributed by atoms with Gasteiger partial charge in [0.25, 0.3) is 5.91 Å². The van der Waals surface area contributed by atoms with Crippen molar-refractivity contribution in [2.75, 3.05) is 16.0 Å². The third-order valence-corrected chi connectivity index (χ3v) is 7.45. The maximum Gasteiger partial charge on any atom is 0.412 e. The average Bonchev–Trinajstić information content (AvgIpc) is 3.02. The first-order chi connectivity index (χ1) is 21.2. The molecular formula is C34H29BrN4O5. The molecule has 0 aliphatic carbocycles. The monoisotopic (exact) mass is 652 g/mol. The molecule has 5 rings (SSSR count). The van der Waals surface area contributed by atoms with E-state index in [0.29, 0.717) is 27.2 Å². The molecule has 0 aliphatic heterocycles. The summed E-state index contributed by atoms with van der Waals surface area (Å²) in [6, 6.07) is 30.9. The van der Waals surface area contributed by atoms with Gasteiger partial charge in [0.2, 0.25) is 0 Å². The minimum Gasteiger partial charge on any atom is -0.441 e. The molecule has 0 bridgehead atoms. The van der Waals surface area contributed by atoms with Crippen molar-refractivity contribution in [1.29, 1.82) is 0 Å². The number of hydrogen-bond donors (Lipinski definition) is 3. The van der Waals surface area contributed by atoms with Crippen LogP contribution in [-0.4, -0.2) is 23.1 Å². The molecule has 0 saturated carbocycles. The molecule has 0 aliphatic rings. The number of anilines is 3. The maximum atomic E-state index is 12.6. The highest BCUT2D eigenvalue weighted by Crippen LogP contribution is 2.29. The van der Waals surface area contributed by atoms with E-state index in [-0.39, 0.29) is 5.91 Å². The Morgan fingerprint density at radius 3 is 1.95 bits per heavy atom. The van der Waals surface area contributed by atoms with E-state index in [0.717, 1.165) is 21.9 Å². The summed E-state index contributed by atoms with van der Waals surface area (Å²) in [5.74, 6) is -0.334. The fraction of sp³-hybridized carbons (Fsp3) is 0.118. The molecular weight excluding hydrogens is 624 g/mol. The number of amides is 3. The second-order valence-electron chi connectivity index (χ2n) is 9.94. The first-order valence-electron chi connectivity index (χ1n) is 13.8. The van der Waals surface area contributed by atoms with Gasteiger partial charge < -0.3 is 14.8 Å². The highest BCUT2D eigenvalue weighted by molar-refractivity contribution is 9.10. The molecule has 0 saturated heterocycles. The summed E-state index contributed by atoms with van der Waals surface area (Å²) in [5, 5.41) is 10.4. The van der Waals surface area contributed by atoms with E-state index in [4.69, 9.17) is 9.47 Å². The second kappa shape index (κ2) is 13.8. The zero-order chi connectivity index (χ0) is 31.1. The Hall–Kier alpha value is -5.22. The molecule has 10 heteroatoms.